The number of ether oxygens (including phenoxy) is 1. The van der Waals surface area contributed by atoms with Gasteiger partial charge in [-0.25, -0.2) is 9.97 Å². The Balaban J connectivity index is 2.40. The minimum absolute atomic E-state index is 0.757. The van der Waals surface area contributed by atoms with E-state index in [0.717, 1.165) is 56.5 Å². The van der Waals surface area contributed by atoms with E-state index < -0.39 is 0 Å². The fourth-order valence-corrected chi connectivity index (χ4v) is 1.79. The second-order valence-corrected chi connectivity index (χ2v) is 5.04. The highest BCUT2D eigenvalue weighted by atomic mass is 16.5. The SMILES string of the molecule is COCCCNc1cc(NCCCN(C)C)nc(C)n1. The predicted molar refractivity (Wildman–Crippen MR) is 83.4 cm³/mol. The first-order valence-corrected chi connectivity index (χ1v) is 7.09. The maximum atomic E-state index is 5.02. The maximum absolute atomic E-state index is 5.02. The van der Waals surface area contributed by atoms with Gasteiger partial charge in [-0.05, 0) is 40.4 Å². The molecule has 0 aromatic carbocycles. The van der Waals surface area contributed by atoms with E-state index in [4.69, 9.17) is 4.74 Å². The van der Waals surface area contributed by atoms with Crippen molar-refractivity contribution in [1.82, 2.24) is 14.9 Å². The van der Waals surface area contributed by atoms with Crippen LogP contribution in [0.25, 0.3) is 0 Å². The van der Waals surface area contributed by atoms with Crippen LogP contribution in [0.4, 0.5) is 11.6 Å². The van der Waals surface area contributed by atoms with E-state index >= 15 is 0 Å². The lowest BCUT2D eigenvalue weighted by Gasteiger charge is -2.12. The average Bonchev–Trinajstić information content (AvgIpc) is 2.39. The molecule has 0 radical (unpaired) electrons. The van der Waals surface area contributed by atoms with E-state index in [1.807, 2.05) is 13.0 Å². The Morgan fingerprint density at radius 3 is 2.25 bits per heavy atom. The van der Waals surface area contributed by atoms with Crippen molar-refractivity contribution >= 4 is 11.6 Å². The summed E-state index contributed by atoms with van der Waals surface area (Å²) in [4.78, 5) is 10.9. The van der Waals surface area contributed by atoms with E-state index in [1.54, 1.807) is 7.11 Å². The van der Waals surface area contributed by atoms with Crippen LogP contribution in [-0.4, -0.2) is 62.3 Å². The molecule has 20 heavy (non-hydrogen) atoms. The Morgan fingerprint density at radius 2 is 1.70 bits per heavy atom. The van der Waals surface area contributed by atoms with Gasteiger partial charge in [0.25, 0.3) is 0 Å². The summed E-state index contributed by atoms with van der Waals surface area (Å²) in [6, 6.07) is 1.95. The number of hydrogen-bond acceptors (Lipinski definition) is 6. The van der Waals surface area contributed by atoms with Crippen LogP contribution in [0.15, 0.2) is 6.07 Å². The Hall–Kier alpha value is -1.40. The molecular formula is C14H27N5O. The molecule has 1 aromatic heterocycles. The summed E-state index contributed by atoms with van der Waals surface area (Å²) in [5.74, 6) is 2.52. The summed E-state index contributed by atoms with van der Waals surface area (Å²) in [5, 5.41) is 6.63. The van der Waals surface area contributed by atoms with E-state index in [0.29, 0.717) is 0 Å². The molecular weight excluding hydrogens is 254 g/mol. The normalized spacial score (nSPS) is 10.8. The highest BCUT2D eigenvalue weighted by Crippen LogP contribution is 2.11. The number of nitrogens with zero attached hydrogens (tertiary/aromatic N) is 3. The number of anilines is 2. The lowest BCUT2D eigenvalue weighted by Crippen LogP contribution is -2.17. The second kappa shape index (κ2) is 9.50. The number of hydrogen-bond donors (Lipinski definition) is 2. The van der Waals surface area contributed by atoms with E-state index in [-0.39, 0.29) is 0 Å². The van der Waals surface area contributed by atoms with E-state index in [9.17, 15) is 0 Å². The van der Waals surface area contributed by atoms with Crippen molar-refractivity contribution in [3.05, 3.63) is 11.9 Å². The van der Waals surface area contributed by atoms with E-state index in [1.165, 1.54) is 0 Å². The highest BCUT2D eigenvalue weighted by Gasteiger charge is 2.01. The van der Waals surface area contributed by atoms with Crippen LogP contribution in [-0.2, 0) is 4.74 Å². The summed E-state index contributed by atoms with van der Waals surface area (Å²) >= 11 is 0. The van der Waals surface area contributed by atoms with Gasteiger partial charge in [0.15, 0.2) is 0 Å². The monoisotopic (exact) mass is 281 g/mol. The standard InChI is InChI=1S/C14H27N5O/c1-12-17-13(15-7-5-9-19(2)3)11-14(18-12)16-8-6-10-20-4/h11H,5-10H2,1-4H3,(H2,15,16,17,18). The molecule has 1 aromatic rings. The quantitative estimate of drug-likeness (QED) is 0.635. The van der Waals surface area contributed by atoms with Crippen LogP contribution in [0, 0.1) is 6.92 Å². The topological polar surface area (TPSA) is 62.3 Å². The number of nitrogens with one attached hydrogen (secondary N) is 2. The zero-order valence-electron chi connectivity index (χ0n) is 13.1. The fourth-order valence-electron chi connectivity index (χ4n) is 1.79. The molecule has 0 unspecified atom stereocenters. The van der Waals surface area contributed by atoms with E-state index in [2.05, 4.69) is 39.6 Å². The fraction of sp³-hybridized carbons (Fsp3) is 0.714. The van der Waals surface area contributed by atoms with Crippen LogP contribution >= 0.6 is 0 Å². The number of rotatable bonds is 10. The molecule has 6 heteroatoms. The molecule has 0 aliphatic heterocycles. The first kappa shape index (κ1) is 16.7. The molecule has 0 amide bonds. The summed E-state index contributed by atoms with van der Waals surface area (Å²) in [6.45, 7) is 5.50. The lowest BCUT2D eigenvalue weighted by molar-refractivity contribution is 0.198. The minimum atomic E-state index is 0.757. The van der Waals surface area contributed by atoms with Crippen molar-refractivity contribution < 1.29 is 4.74 Å². The van der Waals surface area contributed by atoms with Crippen molar-refractivity contribution in [3.8, 4) is 0 Å². The molecule has 0 bridgehead atoms. The molecule has 0 spiro atoms. The Morgan fingerprint density at radius 1 is 1.10 bits per heavy atom. The first-order chi connectivity index (χ1) is 9.61. The number of aromatic nitrogens is 2. The molecule has 6 nitrogen and oxygen atoms in total. The average molecular weight is 281 g/mol. The van der Waals surface area contributed by atoms with Crippen LogP contribution in [0.3, 0.4) is 0 Å². The first-order valence-electron chi connectivity index (χ1n) is 7.09. The Bertz CT molecular complexity index is 384. The van der Waals surface area contributed by atoms with Gasteiger partial charge in [-0.2, -0.15) is 0 Å². The Labute approximate surface area is 121 Å². The minimum Gasteiger partial charge on any atom is -0.385 e. The predicted octanol–water partition coefficient (Wildman–Crippen LogP) is 1.60. The number of methoxy groups -OCH3 is 1. The zero-order valence-corrected chi connectivity index (χ0v) is 13.1. The van der Waals surface area contributed by atoms with Crippen molar-refractivity contribution in [2.24, 2.45) is 0 Å². The van der Waals surface area contributed by atoms with Crippen LogP contribution in [0.5, 0.6) is 0 Å². The summed E-state index contributed by atoms with van der Waals surface area (Å²) < 4.78 is 5.02. The summed E-state index contributed by atoms with van der Waals surface area (Å²) in [7, 11) is 5.87. The maximum Gasteiger partial charge on any atom is 0.131 e. The van der Waals surface area contributed by atoms with Crippen LogP contribution < -0.4 is 10.6 Å². The van der Waals surface area contributed by atoms with Gasteiger partial charge in [0.2, 0.25) is 0 Å². The van der Waals surface area contributed by atoms with Gasteiger partial charge < -0.3 is 20.3 Å². The molecule has 0 aliphatic rings. The molecule has 0 aliphatic carbocycles. The molecule has 0 saturated heterocycles. The van der Waals surface area contributed by atoms with Crippen molar-refractivity contribution in [3.63, 3.8) is 0 Å². The van der Waals surface area contributed by atoms with Gasteiger partial charge in [-0.15, -0.1) is 0 Å². The van der Waals surface area contributed by atoms with Gasteiger partial charge in [-0.3, -0.25) is 0 Å². The van der Waals surface area contributed by atoms with Crippen LogP contribution in [0.1, 0.15) is 18.7 Å². The van der Waals surface area contributed by atoms with Gasteiger partial charge in [0, 0.05) is 32.9 Å². The molecule has 0 saturated carbocycles. The molecule has 1 heterocycles. The smallest absolute Gasteiger partial charge is 0.131 e. The third-order valence-electron chi connectivity index (χ3n) is 2.76. The number of aryl methyl sites for hydroxylation is 1. The van der Waals surface area contributed by atoms with Gasteiger partial charge in [0.05, 0.1) is 0 Å². The van der Waals surface area contributed by atoms with Gasteiger partial charge in [0.1, 0.15) is 17.5 Å². The Kier molecular flexibility index (Phi) is 7.91. The highest BCUT2D eigenvalue weighted by molar-refractivity contribution is 5.47. The summed E-state index contributed by atoms with van der Waals surface area (Å²) in [6.07, 6.45) is 2.05. The zero-order chi connectivity index (χ0) is 14.8. The third kappa shape index (κ3) is 7.25. The third-order valence-corrected chi connectivity index (χ3v) is 2.76. The molecule has 1 rings (SSSR count). The van der Waals surface area contributed by atoms with Crippen molar-refractivity contribution in [2.75, 3.05) is 58.1 Å². The van der Waals surface area contributed by atoms with Crippen molar-refractivity contribution in [1.29, 1.82) is 0 Å². The molecule has 0 fully saturated rings. The molecule has 114 valence electrons. The molecule has 0 atom stereocenters. The lowest BCUT2D eigenvalue weighted by atomic mass is 10.4. The van der Waals surface area contributed by atoms with Crippen molar-refractivity contribution in [2.45, 2.75) is 19.8 Å². The second-order valence-electron chi connectivity index (χ2n) is 5.04. The largest absolute Gasteiger partial charge is 0.385 e. The van der Waals surface area contributed by atoms with Gasteiger partial charge in [-0.1, -0.05) is 0 Å². The van der Waals surface area contributed by atoms with Crippen LogP contribution in [0.2, 0.25) is 0 Å². The molecule has 2 N–H and O–H groups in total. The van der Waals surface area contributed by atoms with Gasteiger partial charge >= 0.3 is 0 Å². The summed E-state index contributed by atoms with van der Waals surface area (Å²) in [5.41, 5.74) is 0.